The molecule has 1 saturated heterocycles. The molecule has 1 fully saturated rings. The van der Waals surface area contributed by atoms with Crippen molar-refractivity contribution in [3.63, 3.8) is 0 Å². The Morgan fingerprint density at radius 1 is 1.53 bits per heavy atom. The topological polar surface area (TPSA) is 73.4 Å². The van der Waals surface area contributed by atoms with E-state index < -0.39 is 6.10 Å². The number of aliphatic hydroxyl groups is 1. The quantitative estimate of drug-likeness (QED) is 0.731. The number of pyridine rings is 1. The minimum absolute atomic E-state index is 0.185. The lowest BCUT2D eigenvalue weighted by atomic mass is 10.1. The molecule has 2 rings (SSSR count). The minimum Gasteiger partial charge on any atom is -0.391 e. The van der Waals surface area contributed by atoms with E-state index in [0.717, 1.165) is 5.69 Å². The van der Waals surface area contributed by atoms with Gasteiger partial charge in [-0.25, -0.2) is 0 Å². The maximum absolute atomic E-state index is 12.1. The standard InChI is InChI=1S/C12H16N2O3/c1-7-5-8(2)13-11(16)10(7)12(17)14-4-3-9(15)6-14/h5,9,15H,3-4,6H2,1-2H3,(H,13,16)/t9-/m0/s1. The molecule has 1 aromatic heterocycles. The first-order valence-corrected chi connectivity index (χ1v) is 5.67. The molecule has 1 amide bonds. The highest BCUT2D eigenvalue weighted by molar-refractivity contribution is 5.95. The van der Waals surface area contributed by atoms with E-state index in [0.29, 0.717) is 25.1 Å². The van der Waals surface area contributed by atoms with Crippen LogP contribution in [0, 0.1) is 13.8 Å². The van der Waals surface area contributed by atoms with Crippen molar-refractivity contribution in [3.8, 4) is 0 Å². The van der Waals surface area contributed by atoms with Crippen molar-refractivity contribution in [2.75, 3.05) is 13.1 Å². The molecule has 1 aromatic rings. The lowest BCUT2D eigenvalue weighted by Crippen LogP contribution is -2.34. The van der Waals surface area contributed by atoms with Gasteiger partial charge in [0.1, 0.15) is 5.56 Å². The lowest BCUT2D eigenvalue weighted by Gasteiger charge is -2.16. The van der Waals surface area contributed by atoms with Gasteiger partial charge in [-0.2, -0.15) is 0 Å². The van der Waals surface area contributed by atoms with Crippen LogP contribution in [0.4, 0.5) is 0 Å². The van der Waals surface area contributed by atoms with Gasteiger partial charge in [0.2, 0.25) is 0 Å². The highest BCUT2D eigenvalue weighted by atomic mass is 16.3. The Balaban J connectivity index is 2.35. The Kier molecular flexibility index (Phi) is 3.02. The van der Waals surface area contributed by atoms with Crippen LogP contribution in [0.2, 0.25) is 0 Å². The summed E-state index contributed by atoms with van der Waals surface area (Å²) in [6, 6.07) is 1.78. The molecule has 0 unspecified atom stereocenters. The number of carbonyl (C=O) groups is 1. The van der Waals surface area contributed by atoms with Crippen LogP contribution >= 0.6 is 0 Å². The molecule has 0 aromatic carbocycles. The van der Waals surface area contributed by atoms with Crippen molar-refractivity contribution >= 4 is 5.91 Å². The van der Waals surface area contributed by atoms with Crippen LogP contribution in [0.15, 0.2) is 10.9 Å². The number of carbonyl (C=O) groups excluding carboxylic acids is 1. The van der Waals surface area contributed by atoms with E-state index in [-0.39, 0.29) is 17.0 Å². The molecule has 1 aliphatic heterocycles. The molecule has 17 heavy (non-hydrogen) atoms. The van der Waals surface area contributed by atoms with E-state index in [2.05, 4.69) is 4.98 Å². The maximum atomic E-state index is 12.1. The molecule has 5 heteroatoms. The number of aromatic amines is 1. The summed E-state index contributed by atoms with van der Waals surface area (Å²) in [7, 11) is 0. The lowest BCUT2D eigenvalue weighted by molar-refractivity contribution is 0.0762. The Morgan fingerprint density at radius 3 is 2.76 bits per heavy atom. The molecule has 2 heterocycles. The van der Waals surface area contributed by atoms with Crippen molar-refractivity contribution < 1.29 is 9.90 Å². The van der Waals surface area contributed by atoms with Crippen LogP contribution < -0.4 is 5.56 Å². The van der Waals surface area contributed by atoms with Gasteiger partial charge in [0, 0.05) is 18.8 Å². The Bertz CT molecular complexity index is 507. The predicted octanol–water partition coefficient (Wildman–Crippen LogP) is 0.199. The van der Waals surface area contributed by atoms with Gasteiger partial charge in [0.05, 0.1) is 6.10 Å². The monoisotopic (exact) mass is 236 g/mol. The molecule has 1 aliphatic rings. The number of hydrogen-bond donors (Lipinski definition) is 2. The van der Waals surface area contributed by atoms with Gasteiger partial charge in [-0.05, 0) is 31.9 Å². The summed E-state index contributed by atoms with van der Waals surface area (Å²) >= 11 is 0. The van der Waals surface area contributed by atoms with E-state index >= 15 is 0 Å². The summed E-state index contributed by atoms with van der Waals surface area (Å²) in [5, 5.41) is 9.40. The van der Waals surface area contributed by atoms with Crippen molar-refractivity contribution in [1.82, 2.24) is 9.88 Å². The van der Waals surface area contributed by atoms with Crippen molar-refractivity contribution in [3.05, 3.63) is 33.2 Å². The average molecular weight is 236 g/mol. The van der Waals surface area contributed by atoms with Crippen LogP contribution in [0.25, 0.3) is 0 Å². The molecule has 1 atom stereocenters. The van der Waals surface area contributed by atoms with Crippen LogP contribution in [0.3, 0.4) is 0 Å². The molecule has 0 spiro atoms. The second kappa shape index (κ2) is 4.33. The van der Waals surface area contributed by atoms with Gasteiger partial charge in [0.15, 0.2) is 0 Å². The summed E-state index contributed by atoms with van der Waals surface area (Å²) in [4.78, 5) is 28.1. The number of H-pyrrole nitrogens is 1. The number of aliphatic hydroxyl groups excluding tert-OH is 1. The van der Waals surface area contributed by atoms with Crippen molar-refractivity contribution in [1.29, 1.82) is 0 Å². The van der Waals surface area contributed by atoms with Crippen LogP contribution in [0.1, 0.15) is 28.0 Å². The third-order valence-corrected chi connectivity index (χ3v) is 3.03. The zero-order valence-electron chi connectivity index (χ0n) is 9.99. The Hall–Kier alpha value is -1.62. The van der Waals surface area contributed by atoms with Gasteiger partial charge in [-0.15, -0.1) is 0 Å². The molecular formula is C12H16N2O3. The molecule has 0 radical (unpaired) electrons. The summed E-state index contributed by atoms with van der Waals surface area (Å²) in [5.41, 5.74) is 1.25. The second-order valence-electron chi connectivity index (χ2n) is 4.53. The molecule has 2 N–H and O–H groups in total. The zero-order chi connectivity index (χ0) is 12.6. The van der Waals surface area contributed by atoms with E-state index in [1.54, 1.807) is 19.9 Å². The molecule has 0 bridgehead atoms. The number of amides is 1. The molecular weight excluding hydrogens is 220 g/mol. The summed E-state index contributed by atoms with van der Waals surface area (Å²) in [5.74, 6) is -0.291. The highest BCUT2D eigenvalue weighted by Gasteiger charge is 2.27. The number of aromatic nitrogens is 1. The van der Waals surface area contributed by atoms with Gasteiger partial charge in [-0.1, -0.05) is 0 Å². The first-order chi connectivity index (χ1) is 7.99. The second-order valence-corrected chi connectivity index (χ2v) is 4.53. The van der Waals surface area contributed by atoms with Gasteiger partial charge in [0.25, 0.3) is 11.5 Å². The molecule has 92 valence electrons. The normalized spacial score (nSPS) is 19.7. The fraction of sp³-hybridized carbons (Fsp3) is 0.500. The first-order valence-electron chi connectivity index (χ1n) is 5.67. The molecule has 0 saturated carbocycles. The van der Waals surface area contributed by atoms with Crippen molar-refractivity contribution in [2.45, 2.75) is 26.4 Å². The van der Waals surface area contributed by atoms with Crippen LogP contribution in [-0.2, 0) is 0 Å². The fourth-order valence-electron chi connectivity index (χ4n) is 2.20. The summed E-state index contributed by atoms with van der Waals surface area (Å²) < 4.78 is 0. The minimum atomic E-state index is -0.469. The van der Waals surface area contributed by atoms with E-state index in [9.17, 15) is 14.7 Å². The third kappa shape index (κ3) is 2.24. The molecule has 0 aliphatic carbocycles. The smallest absolute Gasteiger partial charge is 0.261 e. The van der Waals surface area contributed by atoms with Gasteiger partial charge < -0.3 is 15.0 Å². The predicted molar refractivity (Wildman–Crippen MR) is 63.1 cm³/mol. The number of β-amino-alcohol motifs (C(OH)–C–C–N with tert-alkyl or cyclic N) is 1. The van der Waals surface area contributed by atoms with Crippen LogP contribution in [0.5, 0.6) is 0 Å². The average Bonchev–Trinajstić information content (AvgIpc) is 2.63. The Morgan fingerprint density at radius 2 is 2.24 bits per heavy atom. The fourth-order valence-corrected chi connectivity index (χ4v) is 2.20. The Labute approximate surface area is 99.1 Å². The number of nitrogens with one attached hydrogen (secondary N) is 1. The number of likely N-dealkylation sites (tertiary alicyclic amines) is 1. The summed E-state index contributed by atoms with van der Waals surface area (Å²) in [6.45, 7) is 4.35. The van der Waals surface area contributed by atoms with Crippen LogP contribution in [-0.4, -0.2) is 40.1 Å². The van der Waals surface area contributed by atoms with E-state index in [1.807, 2.05) is 0 Å². The maximum Gasteiger partial charge on any atom is 0.261 e. The van der Waals surface area contributed by atoms with Gasteiger partial charge in [-0.3, -0.25) is 9.59 Å². The first kappa shape index (κ1) is 11.9. The van der Waals surface area contributed by atoms with Gasteiger partial charge >= 0.3 is 0 Å². The molecule has 5 nitrogen and oxygen atoms in total. The number of nitrogens with zero attached hydrogens (tertiary/aromatic N) is 1. The number of rotatable bonds is 1. The van der Waals surface area contributed by atoms with Crippen molar-refractivity contribution in [2.24, 2.45) is 0 Å². The largest absolute Gasteiger partial charge is 0.391 e. The van der Waals surface area contributed by atoms with E-state index in [4.69, 9.17) is 0 Å². The summed E-state index contributed by atoms with van der Waals surface area (Å²) in [6.07, 6.45) is 0.109. The third-order valence-electron chi connectivity index (χ3n) is 3.03. The SMILES string of the molecule is Cc1cc(C)c(C(=O)N2CC[C@H](O)C2)c(=O)[nH]1. The number of aryl methyl sites for hydroxylation is 2. The van der Waals surface area contributed by atoms with E-state index in [1.165, 1.54) is 4.90 Å². The number of hydrogen-bond acceptors (Lipinski definition) is 3. The highest BCUT2D eigenvalue weighted by Crippen LogP contribution is 2.13. The zero-order valence-corrected chi connectivity index (χ0v) is 9.99.